The van der Waals surface area contributed by atoms with Gasteiger partial charge in [0.25, 0.3) is 0 Å². The number of benzene rings is 2. The fourth-order valence-corrected chi connectivity index (χ4v) is 7.26. The van der Waals surface area contributed by atoms with Gasteiger partial charge < -0.3 is 19.9 Å². The lowest BCUT2D eigenvalue weighted by Gasteiger charge is -2.37. The molecular formula is C33H42N8OS2. The molecule has 2 saturated heterocycles. The Labute approximate surface area is 269 Å². The van der Waals surface area contributed by atoms with Gasteiger partial charge >= 0.3 is 0 Å². The second-order valence-electron chi connectivity index (χ2n) is 11.4. The van der Waals surface area contributed by atoms with Crippen LogP contribution in [0.15, 0.2) is 75.6 Å². The van der Waals surface area contributed by atoms with Crippen LogP contribution in [0.4, 0.5) is 17.5 Å². The normalized spacial score (nSPS) is 16.3. The summed E-state index contributed by atoms with van der Waals surface area (Å²) in [6.45, 7) is 10.6. The number of aromatic nitrogens is 4. The first-order chi connectivity index (χ1) is 21.6. The molecule has 4 aromatic rings. The van der Waals surface area contributed by atoms with Gasteiger partial charge in [-0.1, -0.05) is 36.8 Å². The van der Waals surface area contributed by atoms with Crippen LogP contribution in [0, 0.1) is 6.92 Å². The van der Waals surface area contributed by atoms with Crippen LogP contribution in [-0.4, -0.2) is 89.4 Å². The number of methoxy groups -OCH3 is 1. The topological polar surface area (TPSA) is 85.4 Å². The number of piperidine rings is 1. The van der Waals surface area contributed by atoms with E-state index < -0.39 is 0 Å². The molecule has 2 aliphatic heterocycles. The van der Waals surface area contributed by atoms with Crippen LogP contribution >= 0.6 is 23.5 Å². The molecule has 0 bridgehead atoms. The summed E-state index contributed by atoms with van der Waals surface area (Å²) in [5.41, 5.74) is 2.30. The van der Waals surface area contributed by atoms with Crippen LogP contribution in [0.2, 0.25) is 0 Å². The van der Waals surface area contributed by atoms with Gasteiger partial charge in [-0.05, 0) is 74.4 Å². The second kappa shape index (κ2) is 15.2. The summed E-state index contributed by atoms with van der Waals surface area (Å²) in [6, 6.07) is 21.2. The highest BCUT2D eigenvalue weighted by molar-refractivity contribution is 7.99. The average Bonchev–Trinajstić information content (AvgIpc) is 3.48. The number of piperazine rings is 1. The fourth-order valence-electron chi connectivity index (χ4n) is 5.65. The van der Waals surface area contributed by atoms with E-state index in [-0.39, 0.29) is 0 Å². The van der Waals surface area contributed by atoms with Gasteiger partial charge in [0, 0.05) is 66.6 Å². The zero-order chi connectivity index (χ0) is 30.1. The number of rotatable bonds is 12. The predicted molar refractivity (Wildman–Crippen MR) is 181 cm³/mol. The zero-order valence-corrected chi connectivity index (χ0v) is 27.3. The third-order valence-electron chi connectivity index (χ3n) is 8.12. The quantitative estimate of drug-likeness (QED) is 0.137. The number of thioether (sulfide) groups is 1. The van der Waals surface area contributed by atoms with E-state index in [1.54, 1.807) is 18.9 Å². The first-order valence-corrected chi connectivity index (χ1v) is 17.3. The van der Waals surface area contributed by atoms with Crippen molar-refractivity contribution in [3.63, 3.8) is 0 Å². The molecule has 9 nitrogen and oxygen atoms in total. The molecule has 0 aliphatic carbocycles. The monoisotopic (exact) mass is 630 g/mol. The standard InChI is InChI=1S/C33H42N8OS2/c1-25-23-29(38-37-25)34-31-30(42-2)32(41-21-19-40(20-22-41)18-17-39-15-7-4-8-16-39)36-33(35-31)44-28-13-11-27(12-14-28)43-24-26-9-5-3-6-10-26/h3,5-6,9-14,23H,4,7-8,15-22,24H2,1-2H3,(H2,34,35,36,37,38). The van der Waals surface area contributed by atoms with Crippen molar-refractivity contribution in [1.29, 1.82) is 0 Å². The minimum atomic E-state index is 0.620. The number of H-pyrrole nitrogens is 1. The maximum Gasteiger partial charge on any atom is 0.204 e. The Bertz CT molecular complexity index is 1470. The van der Waals surface area contributed by atoms with Crippen LogP contribution in [0.5, 0.6) is 5.75 Å². The molecule has 0 unspecified atom stereocenters. The molecule has 0 atom stereocenters. The summed E-state index contributed by atoms with van der Waals surface area (Å²) in [5.74, 6) is 3.73. The zero-order valence-electron chi connectivity index (χ0n) is 25.7. The number of ether oxygens (including phenoxy) is 1. The van der Waals surface area contributed by atoms with E-state index in [9.17, 15) is 0 Å². The highest BCUT2D eigenvalue weighted by Gasteiger charge is 2.26. The number of aryl methyl sites for hydroxylation is 1. The molecule has 44 heavy (non-hydrogen) atoms. The summed E-state index contributed by atoms with van der Waals surface area (Å²) in [6.07, 6.45) is 4.06. The minimum absolute atomic E-state index is 0.620. The third-order valence-corrected chi connectivity index (χ3v) is 10.1. The highest BCUT2D eigenvalue weighted by Crippen LogP contribution is 2.38. The number of nitrogens with one attached hydrogen (secondary N) is 2. The SMILES string of the molecule is COc1c(Nc2cc(C)[nH]n2)nc(Sc2ccc(SCc3ccccc3)cc2)nc1N1CCN(CCN2CCCCC2)CC1. The smallest absolute Gasteiger partial charge is 0.204 e. The van der Waals surface area contributed by atoms with Gasteiger partial charge in [0.05, 0.1) is 7.11 Å². The molecule has 11 heteroatoms. The van der Waals surface area contributed by atoms with E-state index in [1.807, 2.05) is 24.8 Å². The average molecular weight is 631 g/mol. The summed E-state index contributed by atoms with van der Waals surface area (Å²) in [5, 5.41) is 11.4. The van der Waals surface area contributed by atoms with E-state index >= 15 is 0 Å². The Morgan fingerprint density at radius 3 is 2.23 bits per heavy atom. The van der Waals surface area contributed by atoms with Crippen molar-refractivity contribution in [3.8, 4) is 5.75 Å². The lowest BCUT2D eigenvalue weighted by Crippen LogP contribution is -2.49. The van der Waals surface area contributed by atoms with Gasteiger partial charge in [-0.15, -0.1) is 11.8 Å². The number of anilines is 3. The second-order valence-corrected chi connectivity index (χ2v) is 13.4. The van der Waals surface area contributed by atoms with Crippen LogP contribution in [-0.2, 0) is 5.75 Å². The van der Waals surface area contributed by atoms with E-state index in [0.717, 1.165) is 61.4 Å². The minimum Gasteiger partial charge on any atom is -0.490 e. The number of hydrogen-bond donors (Lipinski definition) is 2. The lowest BCUT2D eigenvalue weighted by atomic mass is 10.1. The summed E-state index contributed by atoms with van der Waals surface area (Å²) >= 11 is 3.41. The Balaban J connectivity index is 1.16. The van der Waals surface area contributed by atoms with Crippen molar-refractivity contribution in [3.05, 3.63) is 71.9 Å². The Morgan fingerprint density at radius 2 is 1.55 bits per heavy atom. The maximum atomic E-state index is 5.95. The molecule has 2 aromatic heterocycles. The van der Waals surface area contributed by atoms with Crippen molar-refractivity contribution >= 4 is 41.0 Å². The van der Waals surface area contributed by atoms with E-state index in [4.69, 9.17) is 14.7 Å². The third kappa shape index (κ3) is 8.26. The molecule has 4 heterocycles. The number of hydrogen-bond acceptors (Lipinski definition) is 10. The number of nitrogens with zero attached hydrogens (tertiary/aromatic N) is 6. The fraction of sp³-hybridized carbons (Fsp3) is 0.424. The van der Waals surface area contributed by atoms with Gasteiger partial charge in [0.1, 0.15) is 0 Å². The Kier molecular flexibility index (Phi) is 10.6. The van der Waals surface area contributed by atoms with Gasteiger partial charge in [-0.3, -0.25) is 10.00 Å². The van der Waals surface area contributed by atoms with Gasteiger partial charge in [-0.2, -0.15) is 5.10 Å². The van der Waals surface area contributed by atoms with Gasteiger partial charge in [0.2, 0.25) is 5.75 Å². The molecule has 2 aromatic carbocycles. The van der Waals surface area contributed by atoms with Crippen molar-refractivity contribution < 1.29 is 4.74 Å². The lowest BCUT2D eigenvalue weighted by molar-refractivity contribution is 0.176. The van der Waals surface area contributed by atoms with Crippen molar-refractivity contribution in [2.24, 2.45) is 0 Å². The molecule has 2 aliphatic rings. The summed E-state index contributed by atoms with van der Waals surface area (Å²) in [7, 11) is 1.69. The highest BCUT2D eigenvalue weighted by atomic mass is 32.2. The Morgan fingerprint density at radius 1 is 0.841 bits per heavy atom. The maximum absolute atomic E-state index is 5.95. The van der Waals surface area contributed by atoms with Crippen LogP contribution in [0.25, 0.3) is 0 Å². The molecular weight excluding hydrogens is 589 g/mol. The predicted octanol–water partition coefficient (Wildman–Crippen LogP) is 6.31. The van der Waals surface area contributed by atoms with Gasteiger partial charge in [0.15, 0.2) is 22.6 Å². The van der Waals surface area contributed by atoms with Crippen molar-refractivity contribution in [2.75, 3.05) is 69.7 Å². The molecule has 2 fully saturated rings. The van der Waals surface area contributed by atoms with Crippen LogP contribution < -0.4 is 15.0 Å². The number of aromatic amines is 1. The first-order valence-electron chi connectivity index (χ1n) is 15.5. The largest absolute Gasteiger partial charge is 0.490 e. The first kappa shape index (κ1) is 30.8. The molecule has 2 N–H and O–H groups in total. The van der Waals surface area contributed by atoms with E-state index in [2.05, 4.69) is 84.8 Å². The van der Waals surface area contributed by atoms with Crippen molar-refractivity contribution in [2.45, 2.75) is 46.9 Å². The molecule has 0 amide bonds. The summed E-state index contributed by atoms with van der Waals surface area (Å²) in [4.78, 5) is 19.8. The molecule has 6 rings (SSSR count). The van der Waals surface area contributed by atoms with Gasteiger partial charge in [-0.25, -0.2) is 9.97 Å². The van der Waals surface area contributed by atoms with E-state index in [0.29, 0.717) is 22.5 Å². The molecule has 0 saturated carbocycles. The molecule has 232 valence electrons. The van der Waals surface area contributed by atoms with Crippen LogP contribution in [0.1, 0.15) is 30.5 Å². The number of likely N-dealkylation sites (tertiary alicyclic amines) is 1. The molecule has 0 radical (unpaired) electrons. The van der Waals surface area contributed by atoms with Crippen LogP contribution in [0.3, 0.4) is 0 Å². The van der Waals surface area contributed by atoms with Crippen molar-refractivity contribution in [1.82, 2.24) is 30.0 Å². The van der Waals surface area contributed by atoms with E-state index in [1.165, 1.54) is 42.8 Å². The summed E-state index contributed by atoms with van der Waals surface area (Å²) < 4.78 is 5.95. The Hall–Kier alpha value is -3.25. The molecule has 0 spiro atoms.